The van der Waals surface area contributed by atoms with Crippen LogP contribution < -0.4 is 0 Å². The van der Waals surface area contributed by atoms with Crippen molar-refractivity contribution in [3.8, 4) is 0 Å². The maximum Gasteiger partial charge on any atom is 0.410 e. The monoisotopic (exact) mass is 336 g/mol. The second kappa shape index (κ2) is 6.57. The SMILES string of the molecule is CN=C1C(=O)CC2(CCN(C(=O)OC(C)(C)C)CC2)OC1=C(C)C. The zero-order valence-electron chi connectivity index (χ0n) is 15.6. The van der Waals surface area contributed by atoms with Crippen LogP contribution in [0.4, 0.5) is 4.79 Å². The van der Waals surface area contributed by atoms with Gasteiger partial charge in [-0.2, -0.15) is 0 Å². The normalized spacial score (nSPS) is 22.6. The fourth-order valence-corrected chi connectivity index (χ4v) is 3.07. The molecule has 134 valence electrons. The first kappa shape index (κ1) is 18.5. The van der Waals surface area contributed by atoms with Crippen LogP contribution in [-0.2, 0) is 14.3 Å². The molecule has 0 saturated carbocycles. The number of amides is 1. The summed E-state index contributed by atoms with van der Waals surface area (Å²) in [6.45, 7) is 10.4. The van der Waals surface area contributed by atoms with E-state index < -0.39 is 11.2 Å². The number of aliphatic imine (C=N–C) groups is 1. The minimum absolute atomic E-state index is 0.0191. The van der Waals surface area contributed by atoms with Crippen LogP contribution in [0.1, 0.15) is 53.9 Å². The maximum absolute atomic E-state index is 12.5. The number of allylic oxidation sites excluding steroid dienone is 2. The van der Waals surface area contributed by atoms with Crippen LogP contribution in [0.3, 0.4) is 0 Å². The van der Waals surface area contributed by atoms with Crippen molar-refractivity contribution < 1.29 is 19.1 Å². The van der Waals surface area contributed by atoms with Gasteiger partial charge in [-0.05, 0) is 40.2 Å². The Morgan fingerprint density at radius 2 is 1.83 bits per heavy atom. The van der Waals surface area contributed by atoms with Gasteiger partial charge in [-0.25, -0.2) is 4.79 Å². The molecule has 2 rings (SSSR count). The zero-order valence-corrected chi connectivity index (χ0v) is 15.6. The first-order valence-electron chi connectivity index (χ1n) is 8.42. The van der Waals surface area contributed by atoms with E-state index >= 15 is 0 Å². The molecule has 2 fully saturated rings. The van der Waals surface area contributed by atoms with E-state index in [2.05, 4.69) is 4.99 Å². The number of rotatable bonds is 0. The van der Waals surface area contributed by atoms with Gasteiger partial charge in [0.1, 0.15) is 22.7 Å². The molecule has 2 saturated heterocycles. The molecule has 0 N–H and O–H groups in total. The first-order chi connectivity index (χ1) is 11.1. The third-order valence-electron chi connectivity index (χ3n) is 4.28. The fourth-order valence-electron chi connectivity index (χ4n) is 3.07. The predicted octanol–water partition coefficient (Wildman–Crippen LogP) is 3.11. The molecule has 2 aliphatic rings. The number of hydrogen-bond donors (Lipinski definition) is 0. The number of Topliss-reactive ketones (excluding diaryl/α,β-unsaturated/α-hetero) is 1. The van der Waals surface area contributed by atoms with E-state index in [1.165, 1.54) is 0 Å². The van der Waals surface area contributed by atoms with Crippen molar-refractivity contribution in [2.45, 2.75) is 65.1 Å². The standard InChI is InChI=1S/C18H28N2O4/c1-12(2)15-14(19-6)13(21)11-18(23-15)7-9-20(10-8-18)16(22)24-17(3,4)5/h7-11H2,1-6H3. The van der Waals surface area contributed by atoms with Crippen LogP contribution in [-0.4, -0.2) is 53.8 Å². The Kier molecular flexibility index (Phi) is 5.06. The summed E-state index contributed by atoms with van der Waals surface area (Å²) < 4.78 is 11.6. The Morgan fingerprint density at radius 3 is 2.29 bits per heavy atom. The predicted molar refractivity (Wildman–Crippen MR) is 92.2 cm³/mol. The number of ketones is 1. The van der Waals surface area contributed by atoms with Crippen molar-refractivity contribution in [3.63, 3.8) is 0 Å². The Bertz CT molecular complexity index is 587. The lowest BCUT2D eigenvalue weighted by molar-refractivity contribution is -0.125. The minimum Gasteiger partial charge on any atom is -0.484 e. The molecule has 6 nitrogen and oxygen atoms in total. The number of ether oxygens (including phenoxy) is 2. The fraction of sp³-hybridized carbons (Fsp3) is 0.722. The molecule has 0 bridgehead atoms. The van der Waals surface area contributed by atoms with Crippen LogP contribution in [0.2, 0.25) is 0 Å². The van der Waals surface area contributed by atoms with Gasteiger partial charge in [-0.15, -0.1) is 0 Å². The molecule has 0 aromatic heterocycles. The molecule has 6 heteroatoms. The lowest BCUT2D eigenvalue weighted by Crippen LogP contribution is -2.53. The van der Waals surface area contributed by atoms with Gasteiger partial charge >= 0.3 is 6.09 Å². The highest BCUT2D eigenvalue weighted by atomic mass is 16.6. The first-order valence-corrected chi connectivity index (χ1v) is 8.42. The average molecular weight is 336 g/mol. The summed E-state index contributed by atoms with van der Waals surface area (Å²) in [5, 5.41) is 0. The quantitative estimate of drug-likeness (QED) is 0.681. The summed E-state index contributed by atoms with van der Waals surface area (Å²) in [6, 6.07) is 0. The molecule has 1 amide bonds. The third kappa shape index (κ3) is 3.97. The molecule has 0 unspecified atom stereocenters. The van der Waals surface area contributed by atoms with Crippen LogP contribution in [0.15, 0.2) is 16.3 Å². The van der Waals surface area contributed by atoms with Gasteiger partial charge in [0.2, 0.25) is 0 Å². The molecule has 1 spiro atoms. The highest BCUT2D eigenvalue weighted by molar-refractivity contribution is 6.46. The molecule has 24 heavy (non-hydrogen) atoms. The van der Waals surface area contributed by atoms with Crippen molar-refractivity contribution in [1.29, 1.82) is 0 Å². The summed E-state index contributed by atoms with van der Waals surface area (Å²) in [4.78, 5) is 30.4. The van der Waals surface area contributed by atoms with Gasteiger partial charge in [-0.1, -0.05) is 0 Å². The van der Waals surface area contributed by atoms with Crippen molar-refractivity contribution in [2.75, 3.05) is 20.1 Å². The summed E-state index contributed by atoms with van der Waals surface area (Å²) >= 11 is 0. The number of carbonyl (C=O) groups is 2. The number of likely N-dealkylation sites (tertiary alicyclic amines) is 1. The number of hydrogen-bond acceptors (Lipinski definition) is 5. The molecule has 0 aromatic carbocycles. The lowest BCUT2D eigenvalue weighted by atomic mass is 9.82. The minimum atomic E-state index is -0.531. The molecular weight excluding hydrogens is 308 g/mol. The summed E-state index contributed by atoms with van der Waals surface area (Å²) in [5.41, 5.74) is 0.328. The van der Waals surface area contributed by atoms with Crippen molar-refractivity contribution in [3.05, 3.63) is 11.3 Å². The van der Waals surface area contributed by atoms with Crippen molar-refractivity contribution in [2.24, 2.45) is 4.99 Å². The molecule has 0 aromatic rings. The zero-order chi connectivity index (χ0) is 18.1. The van der Waals surface area contributed by atoms with E-state index in [4.69, 9.17) is 9.47 Å². The Hall–Kier alpha value is -1.85. The highest BCUT2D eigenvalue weighted by Gasteiger charge is 2.46. The van der Waals surface area contributed by atoms with E-state index in [9.17, 15) is 9.59 Å². The molecular formula is C18H28N2O4. The largest absolute Gasteiger partial charge is 0.484 e. The molecule has 0 radical (unpaired) electrons. The Morgan fingerprint density at radius 1 is 1.25 bits per heavy atom. The van der Waals surface area contributed by atoms with E-state index in [0.29, 0.717) is 43.8 Å². The molecule has 0 atom stereocenters. The smallest absolute Gasteiger partial charge is 0.410 e. The number of nitrogens with zero attached hydrogens (tertiary/aromatic N) is 2. The van der Waals surface area contributed by atoms with Gasteiger partial charge < -0.3 is 14.4 Å². The van der Waals surface area contributed by atoms with Crippen LogP contribution in [0, 0.1) is 0 Å². The van der Waals surface area contributed by atoms with Crippen LogP contribution in [0.25, 0.3) is 0 Å². The summed E-state index contributed by atoms with van der Waals surface area (Å²) in [6.07, 6.45) is 1.24. The maximum atomic E-state index is 12.5. The molecule has 2 aliphatic heterocycles. The second-order valence-corrected chi connectivity index (χ2v) is 7.75. The third-order valence-corrected chi connectivity index (χ3v) is 4.28. The average Bonchev–Trinajstić information content (AvgIpc) is 2.45. The van der Waals surface area contributed by atoms with Gasteiger partial charge in [0, 0.05) is 33.0 Å². The van der Waals surface area contributed by atoms with E-state index in [1.54, 1.807) is 11.9 Å². The topological polar surface area (TPSA) is 68.2 Å². The van der Waals surface area contributed by atoms with Gasteiger partial charge in [-0.3, -0.25) is 9.79 Å². The van der Waals surface area contributed by atoms with E-state index in [-0.39, 0.29) is 11.9 Å². The van der Waals surface area contributed by atoms with Gasteiger partial charge in [0.25, 0.3) is 0 Å². The Labute approximate surface area is 143 Å². The van der Waals surface area contributed by atoms with Crippen molar-refractivity contribution >= 4 is 17.6 Å². The highest BCUT2D eigenvalue weighted by Crippen LogP contribution is 2.37. The Balaban J connectivity index is 2.09. The molecule has 0 aliphatic carbocycles. The van der Waals surface area contributed by atoms with Crippen LogP contribution >= 0.6 is 0 Å². The second-order valence-electron chi connectivity index (χ2n) is 7.75. The lowest BCUT2D eigenvalue weighted by Gasteiger charge is -2.44. The van der Waals surface area contributed by atoms with Crippen LogP contribution in [0.5, 0.6) is 0 Å². The molecule has 2 heterocycles. The van der Waals surface area contributed by atoms with Gasteiger partial charge in [0.15, 0.2) is 5.78 Å². The number of piperidine rings is 1. The van der Waals surface area contributed by atoms with E-state index in [1.807, 2.05) is 34.6 Å². The van der Waals surface area contributed by atoms with E-state index in [0.717, 1.165) is 5.57 Å². The summed E-state index contributed by atoms with van der Waals surface area (Å²) in [5.74, 6) is 0.616. The summed E-state index contributed by atoms with van der Waals surface area (Å²) in [7, 11) is 1.61. The van der Waals surface area contributed by atoms with Gasteiger partial charge in [0.05, 0.1) is 6.42 Å². The number of carbonyl (C=O) groups excluding carboxylic acids is 2. The van der Waals surface area contributed by atoms with Crippen molar-refractivity contribution in [1.82, 2.24) is 4.90 Å².